The predicted molar refractivity (Wildman–Crippen MR) is 101 cm³/mol. The third-order valence-corrected chi connectivity index (χ3v) is 4.59. The maximum absolute atomic E-state index is 12.2. The second kappa shape index (κ2) is 11.3. The van der Waals surface area contributed by atoms with E-state index in [1.807, 2.05) is 36.4 Å². The van der Waals surface area contributed by atoms with Crippen molar-refractivity contribution in [3.63, 3.8) is 0 Å². The Hall–Kier alpha value is -2.30. The van der Waals surface area contributed by atoms with Gasteiger partial charge in [-0.15, -0.1) is 0 Å². The van der Waals surface area contributed by atoms with Crippen LogP contribution in [0.5, 0.6) is 0 Å². The molecule has 0 radical (unpaired) electrons. The highest BCUT2D eigenvalue weighted by atomic mass is 16.5. The van der Waals surface area contributed by atoms with Crippen LogP contribution in [0.2, 0.25) is 0 Å². The molecule has 26 heavy (non-hydrogen) atoms. The number of hydrogen-bond acceptors (Lipinski definition) is 4. The summed E-state index contributed by atoms with van der Waals surface area (Å²) < 4.78 is 10.3. The predicted octanol–water partition coefficient (Wildman–Crippen LogP) is 4.37. The van der Waals surface area contributed by atoms with Gasteiger partial charge in [0.1, 0.15) is 6.61 Å². The van der Waals surface area contributed by atoms with Crippen LogP contribution < -0.4 is 5.32 Å². The van der Waals surface area contributed by atoms with E-state index in [1.165, 1.54) is 19.3 Å². The Kier molecular flexibility index (Phi) is 8.73. The molecule has 0 saturated heterocycles. The van der Waals surface area contributed by atoms with Crippen LogP contribution in [0.3, 0.4) is 0 Å². The molecule has 2 rings (SSSR count). The molecule has 142 valence electrons. The summed E-state index contributed by atoms with van der Waals surface area (Å²) >= 11 is 0. The molecule has 1 atom stereocenters. The molecule has 5 heteroatoms. The van der Waals surface area contributed by atoms with Crippen LogP contribution in [-0.4, -0.2) is 24.7 Å². The zero-order valence-corrected chi connectivity index (χ0v) is 15.5. The van der Waals surface area contributed by atoms with E-state index in [9.17, 15) is 9.59 Å². The summed E-state index contributed by atoms with van der Waals surface area (Å²) in [5.74, 6) is 0.129. The lowest BCUT2D eigenvalue weighted by Gasteiger charge is -2.28. The van der Waals surface area contributed by atoms with Crippen molar-refractivity contribution >= 4 is 12.1 Å². The van der Waals surface area contributed by atoms with Crippen LogP contribution in [0, 0.1) is 5.92 Å². The summed E-state index contributed by atoms with van der Waals surface area (Å²) in [7, 11) is 0. The molecule has 1 aliphatic carbocycles. The molecule has 0 aromatic heterocycles. The Bertz CT molecular complexity index is 579. The molecule has 1 aromatic rings. The lowest BCUT2D eigenvalue weighted by atomic mass is 9.83. The maximum Gasteiger partial charge on any atom is 0.407 e. The molecule has 0 aliphatic heterocycles. The van der Waals surface area contributed by atoms with Gasteiger partial charge in [-0.25, -0.2) is 4.79 Å². The van der Waals surface area contributed by atoms with Crippen molar-refractivity contribution in [3.8, 4) is 0 Å². The van der Waals surface area contributed by atoms with Gasteiger partial charge in [-0.05, 0) is 31.2 Å². The van der Waals surface area contributed by atoms with E-state index in [4.69, 9.17) is 9.47 Å². The van der Waals surface area contributed by atoms with Gasteiger partial charge in [0.05, 0.1) is 19.1 Å². The van der Waals surface area contributed by atoms with Crippen LogP contribution in [0.1, 0.15) is 51.0 Å². The third kappa shape index (κ3) is 7.30. The van der Waals surface area contributed by atoms with E-state index < -0.39 is 6.09 Å². The number of hydrogen-bond donors (Lipinski definition) is 1. The second-order valence-electron chi connectivity index (χ2n) is 6.57. The number of alkyl carbamates (subject to hydrolysis) is 1. The van der Waals surface area contributed by atoms with Crippen molar-refractivity contribution in [1.29, 1.82) is 0 Å². The number of ether oxygens (including phenoxy) is 2. The Morgan fingerprint density at radius 3 is 2.58 bits per heavy atom. The Labute approximate surface area is 155 Å². The van der Waals surface area contributed by atoms with Crippen molar-refractivity contribution < 1.29 is 19.1 Å². The SMILES string of the molecule is CCOC(=O)C/C=C/C(NC(=O)OCc1ccccc1)C1CCCCC1. The van der Waals surface area contributed by atoms with Gasteiger partial charge in [-0.1, -0.05) is 61.7 Å². The van der Waals surface area contributed by atoms with Crippen LogP contribution >= 0.6 is 0 Å². The molecule has 1 N–H and O–H groups in total. The number of carbonyl (C=O) groups is 2. The van der Waals surface area contributed by atoms with Gasteiger partial charge in [0.25, 0.3) is 0 Å². The molecule has 1 fully saturated rings. The molecule has 0 bridgehead atoms. The summed E-state index contributed by atoms with van der Waals surface area (Å²) in [6.45, 7) is 2.41. The number of carbonyl (C=O) groups excluding carboxylic acids is 2. The Balaban J connectivity index is 1.88. The molecular weight excluding hydrogens is 330 g/mol. The number of esters is 1. The number of nitrogens with one attached hydrogen (secondary N) is 1. The van der Waals surface area contributed by atoms with Crippen molar-refractivity contribution in [3.05, 3.63) is 48.0 Å². The van der Waals surface area contributed by atoms with Crippen LogP contribution in [-0.2, 0) is 20.9 Å². The first-order chi connectivity index (χ1) is 12.7. The van der Waals surface area contributed by atoms with E-state index in [2.05, 4.69) is 5.32 Å². The quantitative estimate of drug-likeness (QED) is 0.553. The minimum atomic E-state index is -0.426. The zero-order chi connectivity index (χ0) is 18.6. The molecule has 1 unspecified atom stereocenters. The minimum absolute atomic E-state index is 0.118. The second-order valence-corrected chi connectivity index (χ2v) is 6.57. The number of benzene rings is 1. The fourth-order valence-electron chi connectivity index (χ4n) is 3.25. The number of rotatable bonds is 8. The van der Waals surface area contributed by atoms with Gasteiger partial charge < -0.3 is 14.8 Å². The van der Waals surface area contributed by atoms with Crippen molar-refractivity contribution in [2.45, 2.75) is 58.1 Å². The summed E-state index contributed by atoms with van der Waals surface area (Å²) in [6.07, 6.45) is 9.24. The highest BCUT2D eigenvalue weighted by Crippen LogP contribution is 2.27. The van der Waals surface area contributed by atoms with Gasteiger partial charge in [0.2, 0.25) is 0 Å². The van der Waals surface area contributed by atoms with Gasteiger partial charge in [-0.2, -0.15) is 0 Å². The van der Waals surface area contributed by atoms with E-state index in [1.54, 1.807) is 13.0 Å². The zero-order valence-electron chi connectivity index (χ0n) is 15.5. The van der Waals surface area contributed by atoms with Crippen LogP contribution in [0.15, 0.2) is 42.5 Å². The molecule has 0 heterocycles. The highest BCUT2D eigenvalue weighted by molar-refractivity contribution is 5.71. The molecule has 1 saturated carbocycles. The van der Waals surface area contributed by atoms with Gasteiger partial charge in [0, 0.05) is 0 Å². The normalized spacial score (nSPS) is 16.2. The maximum atomic E-state index is 12.2. The Morgan fingerprint density at radius 2 is 1.88 bits per heavy atom. The molecule has 1 aromatic carbocycles. The molecule has 5 nitrogen and oxygen atoms in total. The topological polar surface area (TPSA) is 64.6 Å². The van der Waals surface area contributed by atoms with Crippen molar-refractivity contribution in [1.82, 2.24) is 5.32 Å². The fraction of sp³-hybridized carbons (Fsp3) is 0.524. The first-order valence-corrected chi connectivity index (χ1v) is 9.48. The summed E-state index contributed by atoms with van der Waals surface area (Å²) in [5.41, 5.74) is 0.953. The lowest BCUT2D eigenvalue weighted by molar-refractivity contribution is -0.142. The van der Waals surface area contributed by atoms with Crippen LogP contribution in [0.4, 0.5) is 4.79 Å². The largest absolute Gasteiger partial charge is 0.466 e. The average Bonchev–Trinajstić information content (AvgIpc) is 2.67. The smallest absolute Gasteiger partial charge is 0.407 e. The van der Waals surface area contributed by atoms with E-state index >= 15 is 0 Å². The lowest BCUT2D eigenvalue weighted by Crippen LogP contribution is -2.40. The molecule has 1 amide bonds. The molecule has 0 spiro atoms. The minimum Gasteiger partial charge on any atom is -0.466 e. The van der Waals surface area contributed by atoms with Gasteiger partial charge in [0.15, 0.2) is 0 Å². The van der Waals surface area contributed by atoms with E-state index in [0.29, 0.717) is 12.5 Å². The van der Waals surface area contributed by atoms with Crippen LogP contribution in [0.25, 0.3) is 0 Å². The molecule has 1 aliphatic rings. The third-order valence-electron chi connectivity index (χ3n) is 4.59. The first-order valence-electron chi connectivity index (χ1n) is 9.48. The molecular formula is C21H29NO4. The summed E-state index contributed by atoms with van der Waals surface area (Å²) in [6, 6.07) is 9.49. The van der Waals surface area contributed by atoms with E-state index in [0.717, 1.165) is 18.4 Å². The average molecular weight is 359 g/mol. The fourth-order valence-corrected chi connectivity index (χ4v) is 3.25. The highest BCUT2D eigenvalue weighted by Gasteiger charge is 2.23. The first kappa shape index (κ1) is 20.0. The van der Waals surface area contributed by atoms with Crippen molar-refractivity contribution in [2.75, 3.05) is 6.61 Å². The van der Waals surface area contributed by atoms with Gasteiger partial charge in [-0.3, -0.25) is 4.79 Å². The number of amides is 1. The van der Waals surface area contributed by atoms with Gasteiger partial charge >= 0.3 is 12.1 Å². The standard InChI is InChI=1S/C21H29NO4/c1-2-25-20(23)15-9-14-19(18-12-7-4-8-13-18)22-21(24)26-16-17-10-5-3-6-11-17/h3,5-6,9-11,14,18-19H,2,4,7-8,12-13,15-16H2,1H3,(H,22,24)/b14-9+. The Morgan fingerprint density at radius 1 is 1.15 bits per heavy atom. The van der Waals surface area contributed by atoms with E-state index in [-0.39, 0.29) is 25.0 Å². The monoisotopic (exact) mass is 359 g/mol. The summed E-state index contributed by atoms with van der Waals surface area (Å²) in [5, 5.41) is 2.96. The van der Waals surface area contributed by atoms with Crippen molar-refractivity contribution in [2.24, 2.45) is 5.92 Å². The summed E-state index contributed by atoms with van der Waals surface area (Å²) in [4.78, 5) is 23.7.